The fourth-order valence-electron chi connectivity index (χ4n) is 0.544. The Hall–Kier alpha value is 0.110. The summed E-state index contributed by atoms with van der Waals surface area (Å²) < 4.78 is 0. The van der Waals surface area contributed by atoms with Crippen LogP contribution in [-0.2, 0) is 0 Å². The summed E-state index contributed by atoms with van der Waals surface area (Å²) in [4.78, 5) is 4.18. The SMILES string of the molecule is CC(CBr)c1nccs1. The number of hydrogen-bond donors (Lipinski definition) is 0. The van der Waals surface area contributed by atoms with Crippen LogP contribution in [0.3, 0.4) is 0 Å². The molecule has 0 N–H and O–H groups in total. The molecule has 0 aromatic carbocycles. The lowest BCUT2D eigenvalue weighted by atomic mass is 10.2. The van der Waals surface area contributed by atoms with Gasteiger partial charge in [0.2, 0.25) is 0 Å². The second-order valence-electron chi connectivity index (χ2n) is 1.93. The first-order valence-electron chi connectivity index (χ1n) is 2.80. The molecule has 0 aliphatic carbocycles. The minimum atomic E-state index is 0.560. The summed E-state index contributed by atoms with van der Waals surface area (Å²) in [6.07, 6.45) is 1.85. The summed E-state index contributed by atoms with van der Waals surface area (Å²) in [5.41, 5.74) is 0. The maximum absolute atomic E-state index is 4.18. The lowest BCUT2D eigenvalue weighted by molar-refractivity contribution is 0.872. The molecule has 0 fully saturated rings. The zero-order valence-electron chi connectivity index (χ0n) is 5.17. The molecule has 50 valence electrons. The fourth-order valence-corrected chi connectivity index (χ4v) is 1.76. The Kier molecular flexibility index (Phi) is 2.66. The molecule has 0 spiro atoms. The van der Waals surface area contributed by atoms with Crippen LogP contribution in [0.4, 0.5) is 0 Å². The second-order valence-corrected chi connectivity index (χ2v) is 3.50. The van der Waals surface area contributed by atoms with Crippen molar-refractivity contribution in [3.63, 3.8) is 0 Å². The van der Waals surface area contributed by atoms with Crippen molar-refractivity contribution in [2.45, 2.75) is 12.8 Å². The molecule has 1 aromatic rings. The molecule has 1 unspecified atom stereocenters. The van der Waals surface area contributed by atoms with Crippen LogP contribution in [0.25, 0.3) is 0 Å². The third-order valence-corrected chi connectivity index (χ3v) is 3.08. The van der Waals surface area contributed by atoms with E-state index in [-0.39, 0.29) is 0 Å². The molecule has 1 atom stereocenters. The first kappa shape index (κ1) is 7.22. The van der Waals surface area contributed by atoms with E-state index in [4.69, 9.17) is 0 Å². The number of halogens is 1. The Morgan fingerprint density at radius 2 is 2.67 bits per heavy atom. The van der Waals surface area contributed by atoms with Crippen molar-refractivity contribution in [3.8, 4) is 0 Å². The number of hydrogen-bond acceptors (Lipinski definition) is 2. The summed E-state index contributed by atoms with van der Waals surface area (Å²) in [7, 11) is 0. The molecule has 1 heterocycles. The van der Waals surface area contributed by atoms with Crippen LogP contribution in [0.1, 0.15) is 17.8 Å². The van der Waals surface area contributed by atoms with Crippen molar-refractivity contribution >= 4 is 27.3 Å². The topological polar surface area (TPSA) is 12.9 Å². The molecule has 0 amide bonds. The molecule has 1 aromatic heterocycles. The Labute approximate surface area is 67.3 Å². The van der Waals surface area contributed by atoms with Crippen molar-refractivity contribution in [2.24, 2.45) is 0 Å². The maximum Gasteiger partial charge on any atom is 0.0961 e. The van der Waals surface area contributed by atoms with E-state index in [1.54, 1.807) is 11.3 Å². The van der Waals surface area contributed by atoms with Gasteiger partial charge in [0.15, 0.2) is 0 Å². The van der Waals surface area contributed by atoms with Gasteiger partial charge >= 0.3 is 0 Å². The smallest absolute Gasteiger partial charge is 0.0961 e. The molecule has 0 aliphatic rings. The van der Waals surface area contributed by atoms with Crippen LogP contribution in [0.2, 0.25) is 0 Å². The van der Waals surface area contributed by atoms with E-state index in [1.165, 1.54) is 5.01 Å². The zero-order valence-corrected chi connectivity index (χ0v) is 7.58. The highest BCUT2D eigenvalue weighted by Crippen LogP contribution is 2.18. The molecular weight excluding hydrogens is 198 g/mol. The number of alkyl halides is 1. The maximum atomic E-state index is 4.18. The summed E-state index contributed by atoms with van der Waals surface area (Å²) in [5, 5.41) is 4.22. The van der Waals surface area contributed by atoms with E-state index in [0.717, 1.165) is 5.33 Å². The van der Waals surface area contributed by atoms with Gasteiger partial charge in [0.1, 0.15) is 0 Å². The Balaban J connectivity index is 2.65. The van der Waals surface area contributed by atoms with Gasteiger partial charge in [-0.1, -0.05) is 22.9 Å². The predicted octanol–water partition coefficient (Wildman–Crippen LogP) is 2.64. The van der Waals surface area contributed by atoms with Gasteiger partial charge in [0, 0.05) is 22.8 Å². The quantitative estimate of drug-likeness (QED) is 0.678. The Morgan fingerprint density at radius 1 is 1.89 bits per heavy atom. The molecule has 9 heavy (non-hydrogen) atoms. The first-order valence-corrected chi connectivity index (χ1v) is 4.80. The highest BCUT2D eigenvalue weighted by Gasteiger charge is 2.03. The lowest BCUT2D eigenvalue weighted by Crippen LogP contribution is -1.91. The molecule has 0 bridgehead atoms. The van der Waals surface area contributed by atoms with Gasteiger partial charge in [-0.15, -0.1) is 11.3 Å². The molecular formula is C6H8BrNS. The molecule has 0 radical (unpaired) electrons. The van der Waals surface area contributed by atoms with Crippen LogP contribution in [0.15, 0.2) is 11.6 Å². The van der Waals surface area contributed by atoms with Crippen molar-refractivity contribution in [3.05, 3.63) is 16.6 Å². The van der Waals surface area contributed by atoms with Gasteiger partial charge in [0.05, 0.1) is 5.01 Å². The minimum absolute atomic E-state index is 0.560. The van der Waals surface area contributed by atoms with Crippen molar-refractivity contribution in [1.29, 1.82) is 0 Å². The van der Waals surface area contributed by atoms with E-state index in [2.05, 4.69) is 27.8 Å². The van der Waals surface area contributed by atoms with Crippen LogP contribution in [0.5, 0.6) is 0 Å². The van der Waals surface area contributed by atoms with Gasteiger partial charge in [-0.2, -0.15) is 0 Å². The standard InChI is InChI=1S/C6H8BrNS/c1-5(4-7)6-8-2-3-9-6/h2-3,5H,4H2,1H3. The molecule has 0 saturated carbocycles. The third-order valence-electron chi connectivity index (χ3n) is 1.10. The van der Waals surface area contributed by atoms with Crippen LogP contribution < -0.4 is 0 Å². The van der Waals surface area contributed by atoms with Crippen molar-refractivity contribution < 1.29 is 0 Å². The monoisotopic (exact) mass is 205 g/mol. The average molecular weight is 206 g/mol. The third kappa shape index (κ3) is 1.76. The first-order chi connectivity index (χ1) is 4.34. The van der Waals surface area contributed by atoms with Gasteiger partial charge in [0.25, 0.3) is 0 Å². The van der Waals surface area contributed by atoms with E-state index in [1.807, 2.05) is 11.6 Å². The van der Waals surface area contributed by atoms with E-state index >= 15 is 0 Å². The number of rotatable bonds is 2. The summed E-state index contributed by atoms with van der Waals surface area (Å²) in [6.45, 7) is 2.16. The number of nitrogens with zero attached hydrogens (tertiary/aromatic N) is 1. The summed E-state index contributed by atoms with van der Waals surface area (Å²) in [5.74, 6) is 0.560. The van der Waals surface area contributed by atoms with Gasteiger partial charge in [-0.25, -0.2) is 4.98 Å². The lowest BCUT2D eigenvalue weighted by Gasteiger charge is -1.99. The van der Waals surface area contributed by atoms with Gasteiger partial charge in [-0.3, -0.25) is 0 Å². The second kappa shape index (κ2) is 3.32. The van der Waals surface area contributed by atoms with Crippen molar-refractivity contribution in [1.82, 2.24) is 4.98 Å². The van der Waals surface area contributed by atoms with Gasteiger partial charge < -0.3 is 0 Å². The Bertz CT molecular complexity index is 162. The summed E-state index contributed by atoms with van der Waals surface area (Å²) in [6, 6.07) is 0. The fraction of sp³-hybridized carbons (Fsp3) is 0.500. The molecule has 1 nitrogen and oxygen atoms in total. The molecule has 3 heteroatoms. The zero-order chi connectivity index (χ0) is 6.69. The van der Waals surface area contributed by atoms with E-state index in [0.29, 0.717) is 5.92 Å². The van der Waals surface area contributed by atoms with Crippen molar-refractivity contribution in [2.75, 3.05) is 5.33 Å². The van der Waals surface area contributed by atoms with E-state index < -0.39 is 0 Å². The van der Waals surface area contributed by atoms with E-state index in [9.17, 15) is 0 Å². The van der Waals surface area contributed by atoms with Gasteiger partial charge in [-0.05, 0) is 0 Å². The average Bonchev–Trinajstić information content (AvgIpc) is 2.37. The number of aromatic nitrogens is 1. The Morgan fingerprint density at radius 3 is 3.11 bits per heavy atom. The number of thiazole rings is 1. The molecule has 1 rings (SSSR count). The normalized spacial score (nSPS) is 13.6. The van der Waals surface area contributed by atoms with Crippen LogP contribution >= 0.6 is 27.3 Å². The molecule has 0 saturated heterocycles. The van der Waals surface area contributed by atoms with Crippen LogP contribution in [-0.4, -0.2) is 10.3 Å². The summed E-state index contributed by atoms with van der Waals surface area (Å²) >= 11 is 5.12. The highest BCUT2D eigenvalue weighted by molar-refractivity contribution is 9.09. The minimum Gasteiger partial charge on any atom is -0.249 e. The van der Waals surface area contributed by atoms with Crippen LogP contribution in [0, 0.1) is 0 Å². The molecule has 0 aliphatic heterocycles. The predicted molar refractivity (Wildman–Crippen MR) is 44.3 cm³/mol. The highest BCUT2D eigenvalue weighted by atomic mass is 79.9. The largest absolute Gasteiger partial charge is 0.249 e.